The Hall–Kier alpha value is -4.83. The fourth-order valence-electron chi connectivity index (χ4n) is 6.99. The first kappa shape index (κ1) is 31.8. The minimum atomic E-state index is -0.138. The van der Waals surface area contributed by atoms with Crippen LogP contribution in [0.2, 0.25) is 5.02 Å². The molecule has 0 bridgehead atoms. The minimum Gasteiger partial charge on any atom is -0.352 e. The van der Waals surface area contributed by atoms with E-state index >= 15 is 0 Å². The standard InChI is InChI=1S/C38H37ClN6O3/c1-22-30(25-12-13-45-34(17-25)42-20-27(38(45)48)19-41-21-28-10-11-35(46)43-28)4-2-5-31(22)33-7-3-6-32(37(33)39)24-9-8-23-15-29(16-26(23)14-24)44-36(47)18-40/h2-9,12-14,17,20,28-29,41H,10-11,15-16,18-19,21,40H2,1H3,(H,43,46)(H,44,47)/t28-,29-/m0/s1. The zero-order valence-electron chi connectivity index (χ0n) is 26.7. The summed E-state index contributed by atoms with van der Waals surface area (Å²) in [6, 6.07) is 22.7. The number of amides is 2. The molecule has 10 heteroatoms. The van der Waals surface area contributed by atoms with Gasteiger partial charge in [-0.2, -0.15) is 0 Å². The van der Waals surface area contributed by atoms with Crippen LogP contribution >= 0.6 is 11.6 Å². The Morgan fingerprint density at radius 3 is 2.52 bits per heavy atom. The van der Waals surface area contributed by atoms with Crippen LogP contribution in [-0.4, -0.2) is 46.4 Å². The van der Waals surface area contributed by atoms with Crippen LogP contribution in [-0.2, 0) is 29.0 Å². The third kappa shape index (κ3) is 6.24. The molecule has 2 aromatic heterocycles. The zero-order valence-corrected chi connectivity index (χ0v) is 27.4. The topological polar surface area (TPSA) is 131 Å². The second-order valence-electron chi connectivity index (χ2n) is 12.7. The van der Waals surface area contributed by atoms with Gasteiger partial charge in [0, 0.05) is 60.7 Å². The van der Waals surface area contributed by atoms with Crippen LogP contribution in [0.15, 0.2) is 83.9 Å². The van der Waals surface area contributed by atoms with Crippen molar-refractivity contribution in [1.82, 2.24) is 25.3 Å². The predicted octanol–water partition coefficient (Wildman–Crippen LogP) is 4.57. The molecule has 1 fully saturated rings. The number of carbonyl (C=O) groups excluding carboxylic acids is 2. The second kappa shape index (κ2) is 13.4. The van der Waals surface area contributed by atoms with E-state index in [1.165, 1.54) is 11.1 Å². The van der Waals surface area contributed by atoms with E-state index in [4.69, 9.17) is 17.3 Å². The van der Waals surface area contributed by atoms with Gasteiger partial charge in [-0.25, -0.2) is 4.98 Å². The van der Waals surface area contributed by atoms with E-state index in [-0.39, 0.29) is 36.0 Å². The number of hydrogen-bond acceptors (Lipinski definition) is 6. The smallest absolute Gasteiger partial charge is 0.262 e. The monoisotopic (exact) mass is 660 g/mol. The lowest BCUT2D eigenvalue weighted by Crippen LogP contribution is -2.39. The molecule has 0 radical (unpaired) electrons. The third-order valence-electron chi connectivity index (χ3n) is 9.51. The first-order chi connectivity index (χ1) is 23.3. The van der Waals surface area contributed by atoms with Crippen LogP contribution in [0.1, 0.15) is 35.1 Å². The Morgan fingerprint density at radius 1 is 0.979 bits per heavy atom. The summed E-state index contributed by atoms with van der Waals surface area (Å²) in [5, 5.41) is 9.89. The summed E-state index contributed by atoms with van der Waals surface area (Å²) in [6.07, 6.45) is 6.31. The molecule has 7 rings (SSSR count). The predicted molar refractivity (Wildman–Crippen MR) is 189 cm³/mol. The molecule has 48 heavy (non-hydrogen) atoms. The van der Waals surface area contributed by atoms with Crippen LogP contribution in [0.3, 0.4) is 0 Å². The van der Waals surface area contributed by atoms with Crippen LogP contribution in [0.25, 0.3) is 39.0 Å². The zero-order chi connectivity index (χ0) is 33.4. The van der Waals surface area contributed by atoms with Crippen LogP contribution in [0, 0.1) is 6.92 Å². The third-order valence-corrected chi connectivity index (χ3v) is 9.91. The summed E-state index contributed by atoms with van der Waals surface area (Å²) >= 11 is 7.16. The molecule has 0 unspecified atom stereocenters. The van der Waals surface area contributed by atoms with Gasteiger partial charge in [0.25, 0.3) is 5.56 Å². The SMILES string of the molecule is Cc1c(-c2ccn3c(=O)c(CNC[C@@H]4CCC(=O)N4)cnc3c2)cccc1-c1cccc(-c2ccc3c(c2)C[C@@H](NC(=O)CN)C3)c1Cl. The summed E-state index contributed by atoms with van der Waals surface area (Å²) in [5.74, 6) is -0.0643. The molecule has 244 valence electrons. The number of rotatable bonds is 9. The fraction of sp³-hybridized carbons (Fsp3) is 0.263. The lowest BCUT2D eigenvalue weighted by molar-refractivity contribution is -0.120. The molecule has 1 aliphatic carbocycles. The molecule has 0 spiro atoms. The number of nitrogens with two attached hydrogens (primary N) is 1. The van der Waals surface area contributed by atoms with E-state index in [1.54, 1.807) is 16.8 Å². The quantitative estimate of drug-likeness (QED) is 0.183. The van der Waals surface area contributed by atoms with Gasteiger partial charge in [0.15, 0.2) is 0 Å². The molecule has 9 nitrogen and oxygen atoms in total. The average molecular weight is 661 g/mol. The first-order valence-corrected chi connectivity index (χ1v) is 16.7. The van der Waals surface area contributed by atoms with E-state index in [2.05, 4.69) is 58.2 Å². The van der Waals surface area contributed by atoms with Crippen molar-refractivity contribution in [3.8, 4) is 33.4 Å². The number of fused-ring (bicyclic) bond motifs is 2. The van der Waals surface area contributed by atoms with Crippen molar-refractivity contribution in [2.75, 3.05) is 13.1 Å². The van der Waals surface area contributed by atoms with Crippen molar-refractivity contribution < 1.29 is 9.59 Å². The van der Waals surface area contributed by atoms with Crippen LogP contribution < -0.4 is 27.2 Å². The van der Waals surface area contributed by atoms with Gasteiger partial charge in [0.1, 0.15) is 5.65 Å². The number of nitrogens with zero attached hydrogens (tertiary/aromatic N) is 2. The van der Waals surface area contributed by atoms with Crippen molar-refractivity contribution in [3.63, 3.8) is 0 Å². The molecule has 2 amide bonds. The Bertz CT molecular complexity index is 2130. The molecular formula is C38H37ClN6O3. The van der Waals surface area contributed by atoms with Crippen molar-refractivity contribution in [3.05, 3.63) is 117 Å². The number of carbonyl (C=O) groups is 2. The van der Waals surface area contributed by atoms with Crippen molar-refractivity contribution in [2.45, 2.75) is 51.2 Å². The maximum absolute atomic E-state index is 13.3. The highest BCUT2D eigenvalue weighted by molar-refractivity contribution is 6.36. The highest BCUT2D eigenvalue weighted by atomic mass is 35.5. The van der Waals surface area contributed by atoms with Crippen LogP contribution in [0.5, 0.6) is 0 Å². The van der Waals surface area contributed by atoms with E-state index in [0.29, 0.717) is 35.7 Å². The van der Waals surface area contributed by atoms with E-state index in [9.17, 15) is 14.4 Å². The maximum Gasteiger partial charge on any atom is 0.262 e. The molecule has 2 aliphatic rings. The summed E-state index contributed by atoms with van der Waals surface area (Å²) < 4.78 is 1.57. The molecule has 1 saturated heterocycles. The van der Waals surface area contributed by atoms with Crippen molar-refractivity contribution >= 4 is 29.1 Å². The first-order valence-electron chi connectivity index (χ1n) is 16.3. The number of nitrogens with one attached hydrogen (secondary N) is 3. The molecule has 2 atom stereocenters. The maximum atomic E-state index is 13.3. The van der Waals surface area contributed by atoms with E-state index in [0.717, 1.165) is 58.2 Å². The second-order valence-corrected chi connectivity index (χ2v) is 13.0. The summed E-state index contributed by atoms with van der Waals surface area (Å²) in [6.45, 7) is 3.06. The molecule has 1 aliphatic heterocycles. The summed E-state index contributed by atoms with van der Waals surface area (Å²) in [4.78, 5) is 41.2. The van der Waals surface area contributed by atoms with Gasteiger partial charge in [-0.1, -0.05) is 66.2 Å². The van der Waals surface area contributed by atoms with Gasteiger partial charge in [-0.15, -0.1) is 0 Å². The Morgan fingerprint density at radius 2 is 1.73 bits per heavy atom. The van der Waals surface area contributed by atoms with Gasteiger partial charge >= 0.3 is 0 Å². The number of aromatic nitrogens is 2. The number of halogens is 1. The molecule has 0 saturated carbocycles. The lowest BCUT2D eigenvalue weighted by atomic mass is 9.91. The van der Waals surface area contributed by atoms with E-state index < -0.39 is 0 Å². The van der Waals surface area contributed by atoms with Gasteiger partial charge in [-0.3, -0.25) is 18.8 Å². The molecule has 3 heterocycles. The van der Waals surface area contributed by atoms with Crippen molar-refractivity contribution in [2.24, 2.45) is 5.73 Å². The molecule has 3 aromatic carbocycles. The lowest BCUT2D eigenvalue weighted by Gasteiger charge is -2.16. The summed E-state index contributed by atoms with van der Waals surface area (Å²) in [7, 11) is 0. The Balaban J connectivity index is 1.13. The Kier molecular flexibility index (Phi) is 8.83. The van der Waals surface area contributed by atoms with Gasteiger partial charge in [0.05, 0.1) is 11.6 Å². The highest BCUT2D eigenvalue weighted by Crippen LogP contribution is 2.41. The summed E-state index contributed by atoms with van der Waals surface area (Å²) in [5.41, 5.74) is 15.9. The number of hydrogen-bond donors (Lipinski definition) is 4. The average Bonchev–Trinajstić information content (AvgIpc) is 3.70. The van der Waals surface area contributed by atoms with Gasteiger partial charge in [0.2, 0.25) is 11.8 Å². The minimum absolute atomic E-state index is 0.0114. The largest absolute Gasteiger partial charge is 0.352 e. The van der Waals surface area contributed by atoms with Crippen molar-refractivity contribution in [1.29, 1.82) is 0 Å². The Labute approximate surface area is 283 Å². The number of pyridine rings is 1. The van der Waals surface area contributed by atoms with Crippen LogP contribution in [0.4, 0.5) is 0 Å². The molecule has 5 aromatic rings. The van der Waals surface area contributed by atoms with Gasteiger partial charge < -0.3 is 21.7 Å². The normalized spacial score (nSPS) is 17.0. The van der Waals surface area contributed by atoms with E-state index in [1.807, 2.05) is 36.4 Å². The fourth-order valence-corrected chi connectivity index (χ4v) is 7.33. The molecular weight excluding hydrogens is 624 g/mol. The highest BCUT2D eigenvalue weighted by Gasteiger charge is 2.24. The number of benzene rings is 3. The van der Waals surface area contributed by atoms with Gasteiger partial charge in [-0.05, 0) is 77.3 Å². The molecule has 5 N–H and O–H groups in total.